The zero-order valence-electron chi connectivity index (χ0n) is 13.9. The van der Waals surface area contributed by atoms with E-state index in [9.17, 15) is 9.59 Å². The Balaban J connectivity index is 1.60. The highest BCUT2D eigenvalue weighted by Gasteiger charge is 2.29. The third kappa shape index (κ3) is 3.50. The molecule has 5 heteroatoms. The highest BCUT2D eigenvalue weighted by Crippen LogP contribution is 2.29. The van der Waals surface area contributed by atoms with Gasteiger partial charge in [-0.15, -0.1) is 0 Å². The van der Waals surface area contributed by atoms with E-state index in [0.29, 0.717) is 35.2 Å². The second kappa shape index (κ2) is 6.87. The summed E-state index contributed by atoms with van der Waals surface area (Å²) in [5, 5.41) is 2.99. The van der Waals surface area contributed by atoms with Crippen LogP contribution in [0.2, 0.25) is 0 Å². The molecule has 0 aromatic carbocycles. The van der Waals surface area contributed by atoms with Crippen molar-refractivity contribution in [2.75, 3.05) is 6.61 Å². The average molecular weight is 319 g/mol. The normalized spacial score (nSPS) is 22.0. The molecule has 1 N–H and O–H groups in total. The van der Waals surface area contributed by atoms with Crippen LogP contribution in [0, 0.1) is 6.92 Å². The van der Waals surface area contributed by atoms with Crippen molar-refractivity contribution in [3.05, 3.63) is 22.6 Å². The molecule has 1 aliphatic carbocycles. The highest BCUT2D eigenvalue weighted by molar-refractivity contribution is 6.03. The first-order valence-electron chi connectivity index (χ1n) is 8.64. The molecule has 0 spiro atoms. The van der Waals surface area contributed by atoms with Gasteiger partial charge in [0, 0.05) is 31.1 Å². The van der Waals surface area contributed by atoms with Crippen molar-refractivity contribution < 1.29 is 18.7 Å². The number of hydrogen-bond donors (Lipinski definition) is 1. The summed E-state index contributed by atoms with van der Waals surface area (Å²) in [6.45, 7) is 4.66. The maximum atomic E-state index is 12.4. The second-order valence-corrected chi connectivity index (χ2v) is 6.72. The molecular weight excluding hydrogens is 294 g/mol. The van der Waals surface area contributed by atoms with E-state index in [2.05, 4.69) is 5.32 Å². The summed E-state index contributed by atoms with van der Waals surface area (Å²) in [7, 11) is 0. The number of ether oxygens (including phenoxy) is 1. The van der Waals surface area contributed by atoms with Crippen molar-refractivity contribution >= 4 is 11.7 Å². The monoisotopic (exact) mass is 319 g/mol. The number of carbonyl (C=O) groups is 2. The van der Waals surface area contributed by atoms with Crippen LogP contribution in [0.25, 0.3) is 0 Å². The number of nitrogens with one attached hydrogen (secondary N) is 1. The number of furan rings is 1. The minimum Gasteiger partial charge on any atom is -0.455 e. The molecule has 1 saturated heterocycles. The fourth-order valence-electron chi connectivity index (χ4n) is 3.53. The number of carbonyl (C=O) groups excluding carboxylic acids is 2. The molecule has 0 saturated carbocycles. The Hall–Kier alpha value is -1.62. The zero-order valence-corrected chi connectivity index (χ0v) is 13.9. The number of amides is 1. The van der Waals surface area contributed by atoms with E-state index in [4.69, 9.17) is 9.15 Å². The average Bonchev–Trinajstić information content (AvgIpc) is 3.14. The van der Waals surface area contributed by atoms with E-state index >= 15 is 0 Å². The molecule has 0 bridgehead atoms. The van der Waals surface area contributed by atoms with Crippen LogP contribution in [0.4, 0.5) is 0 Å². The van der Waals surface area contributed by atoms with E-state index < -0.39 is 0 Å². The van der Waals surface area contributed by atoms with Gasteiger partial charge in [-0.3, -0.25) is 9.59 Å². The van der Waals surface area contributed by atoms with Crippen molar-refractivity contribution in [3.63, 3.8) is 0 Å². The molecule has 1 fully saturated rings. The molecular formula is C18H25NO4. The second-order valence-electron chi connectivity index (χ2n) is 6.72. The number of aryl methyl sites for hydroxylation is 1. The maximum Gasteiger partial charge on any atom is 0.287 e. The van der Waals surface area contributed by atoms with Crippen LogP contribution in [0.15, 0.2) is 4.42 Å². The number of ketones is 1. The summed E-state index contributed by atoms with van der Waals surface area (Å²) < 4.78 is 11.3. The van der Waals surface area contributed by atoms with Crippen molar-refractivity contribution in [1.29, 1.82) is 0 Å². The standard InChI is InChI=1S/C18H25NO4/c1-11(8-9-13-5-4-10-22-13)19-18(21)17-12(2)16-14(20)6-3-7-15(16)23-17/h11,13H,3-10H2,1-2H3,(H,19,21)/t11-,13-/m1/s1. The molecule has 1 aromatic rings. The lowest BCUT2D eigenvalue weighted by Gasteiger charge is -2.15. The van der Waals surface area contributed by atoms with Gasteiger partial charge in [0.25, 0.3) is 5.91 Å². The lowest BCUT2D eigenvalue weighted by Crippen LogP contribution is -2.33. The van der Waals surface area contributed by atoms with Crippen molar-refractivity contribution in [3.8, 4) is 0 Å². The molecule has 0 radical (unpaired) electrons. The number of Topliss-reactive ketones (excluding diaryl/α,β-unsaturated/α-hetero) is 1. The van der Waals surface area contributed by atoms with Gasteiger partial charge in [0.15, 0.2) is 11.5 Å². The van der Waals surface area contributed by atoms with E-state index in [1.165, 1.54) is 0 Å². The summed E-state index contributed by atoms with van der Waals surface area (Å²) in [6.07, 6.45) is 6.53. The Labute approximate surface area is 136 Å². The lowest BCUT2D eigenvalue weighted by molar-refractivity contribution is 0.0874. The summed E-state index contributed by atoms with van der Waals surface area (Å²) in [4.78, 5) is 24.5. The molecule has 1 aliphatic heterocycles. The highest BCUT2D eigenvalue weighted by atomic mass is 16.5. The van der Waals surface area contributed by atoms with Gasteiger partial charge in [-0.25, -0.2) is 0 Å². The molecule has 5 nitrogen and oxygen atoms in total. The molecule has 23 heavy (non-hydrogen) atoms. The SMILES string of the molecule is Cc1c(C(=O)N[C@H](C)CC[C@H]2CCCO2)oc2c1C(=O)CCC2. The minimum atomic E-state index is -0.218. The zero-order chi connectivity index (χ0) is 16.4. The van der Waals surface area contributed by atoms with Crippen LogP contribution < -0.4 is 5.32 Å². The topological polar surface area (TPSA) is 68.5 Å². The van der Waals surface area contributed by atoms with Gasteiger partial charge < -0.3 is 14.5 Å². The number of fused-ring (bicyclic) bond motifs is 1. The van der Waals surface area contributed by atoms with E-state index in [1.807, 2.05) is 6.92 Å². The van der Waals surface area contributed by atoms with E-state index in [1.54, 1.807) is 6.92 Å². The molecule has 3 rings (SSSR count). The van der Waals surface area contributed by atoms with Crippen molar-refractivity contribution in [2.24, 2.45) is 0 Å². The predicted octanol–water partition coefficient (Wildman–Crippen LogP) is 3.18. The molecule has 2 heterocycles. The third-order valence-corrected chi connectivity index (χ3v) is 4.84. The molecule has 2 atom stereocenters. The summed E-state index contributed by atoms with van der Waals surface area (Å²) in [5.74, 6) is 0.854. The van der Waals surface area contributed by atoms with Crippen LogP contribution in [0.5, 0.6) is 0 Å². The van der Waals surface area contributed by atoms with Gasteiger partial charge in [-0.2, -0.15) is 0 Å². The van der Waals surface area contributed by atoms with Gasteiger partial charge in [0.05, 0.1) is 11.7 Å². The van der Waals surface area contributed by atoms with Gasteiger partial charge in [0.2, 0.25) is 0 Å². The lowest BCUT2D eigenvalue weighted by atomic mass is 9.94. The molecule has 1 amide bonds. The van der Waals surface area contributed by atoms with Gasteiger partial charge in [0.1, 0.15) is 5.76 Å². The quantitative estimate of drug-likeness (QED) is 0.905. The first-order chi connectivity index (χ1) is 11.1. The molecule has 126 valence electrons. The molecule has 2 aliphatic rings. The summed E-state index contributed by atoms with van der Waals surface area (Å²) in [6, 6.07) is 0.0592. The Kier molecular flexibility index (Phi) is 4.85. The minimum absolute atomic E-state index is 0.0592. The van der Waals surface area contributed by atoms with Gasteiger partial charge in [-0.05, 0) is 46.0 Å². The first kappa shape index (κ1) is 16.2. The first-order valence-corrected chi connectivity index (χ1v) is 8.64. The molecule has 1 aromatic heterocycles. The Morgan fingerprint density at radius 2 is 2.17 bits per heavy atom. The Bertz CT molecular complexity index is 598. The van der Waals surface area contributed by atoms with Crippen molar-refractivity contribution in [1.82, 2.24) is 5.32 Å². The van der Waals surface area contributed by atoms with Gasteiger partial charge in [-0.1, -0.05) is 0 Å². The molecule has 0 unspecified atom stereocenters. The third-order valence-electron chi connectivity index (χ3n) is 4.84. The van der Waals surface area contributed by atoms with Gasteiger partial charge >= 0.3 is 0 Å². The van der Waals surface area contributed by atoms with Crippen LogP contribution in [0.3, 0.4) is 0 Å². The van der Waals surface area contributed by atoms with Crippen LogP contribution >= 0.6 is 0 Å². The number of hydrogen-bond acceptors (Lipinski definition) is 4. The predicted molar refractivity (Wildman–Crippen MR) is 85.8 cm³/mol. The van der Waals surface area contributed by atoms with E-state index in [-0.39, 0.29) is 17.7 Å². The van der Waals surface area contributed by atoms with Crippen molar-refractivity contribution in [2.45, 2.75) is 70.9 Å². The Morgan fingerprint density at radius 1 is 1.35 bits per heavy atom. The fourth-order valence-corrected chi connectivity index (χ4v) is 3.53. The van der Waals surface area contributed by atoms with Crippen LogP contribution in [-0.4, -0.2) is 30.4 Å². The van der Waals surface area contributed by atoms with Crippen LogP contribution in [0.1, 0.15) is 77.7 Å². The van der Waals surface area contributed by atoms with E-state index in [0.717, 1.165) is 45.1 Å². The summed E-state index contributed by atoms with van der Waals surface area (Å²) in [5.41, 5.74) is 1.32. The summed E-state index contributed by atoms with van der Waals surface area (Å²) >= 11 is 0. The largest absolute Gasteiger partial charge is 0.455 e. The fraction of sp³-hybridized carbons (Fsp3) is 0.667. The smallest absolute Gasteiger partial charge is 0.287 e. The number of rotatable bonds is 5. The van der Waals surface area contributed by atoms with Crippen LogP contribution in [-0.2, 0) is 11.2 Å². The Morgan fingerprint density at radius 3 is 2.87 bits per heavy atom. The maximum absolute atomic E-state index is 12.4.